The molecule has 0 radical (unpaired) electrons. The fraction of sp³-hybridized carbons (Fsp3) is 0.0345. The number of aryl methyl sites for hydroxylation is 1. The van der Waals surface area contributed by atoms with E-state index < -0.39 is 0 Å². The van der Waals surface area contributed by atoms with Crippen molar-refractivity contribution in [2.24, 2.45) is 0 Å². The largest absolute Gasteiger partial charge is 0.228 e. The Bertz CT molecular complexity index is 1680. The molecule has 3 nitrogen and oxygen atoms in total. The highest BCUT2D eigenvalue weighted by Crippen LogP contribution is 2.49. The third-order valence-corrected chi connectivity index (χ3v) is 6.43. The summed E-state index contributed by atoms with van der Waals surface area (Å²) in [6, 6.07) is 34.1. The van der Waals surface area contributed by atoms with Crippen LogP contribution in [0, 0.1) is 6.92 Å². The second kappa shape index (κ2) is 6.38. The standard InChI is InChI=1S/C29H19N3/c1-18-15-16-24-25(17-18)30-29-27-26(24)22-13-7-5-11-20(22)21-12-6-8-14-23(21)28(27)31-32(29)19-9-3-2-4-10-19/h2-17H,1H3. The molecule has 32 heavy (non-hydrogen) atoms. The fourth-order valence-electron chi connectivity index (χ4n) is 5.01. The van der Waals surface area contributed by atoms with Crippen molar-refractivity contribution in [2.75, 3.05) is 0 Å². The van der Waals surface area contributed by atoms with Crippen molar-refractivity contribution in [1.29, 1.82) is 0 Å². The maximum atomic E-state index is 5.17. The number of benzene rings is 4. The van der Waals surface area contributed by atoms with Crippen molar-refractivity contribution in [3.63, 3.8) is 0 Å². The first-order chi connectivity index (χ1) is 15.8. The van der Waals surface area contributed by atoms with E-state index in [2.05, 4.69) is 85.8 Å². The van der Waals surface area contributed by atoms with Crippen molar-refractivity contribution < 1.29 is 0 Å². The van der Waals surface area contributed by atoms with Crippen LogP contribution in [0.3, 0.4) is 0 Å². The molecule has 0 bridgehead atoms. The van der Waals surface area contributed by atoms with E-state index in [1.807, 2.05) is 22.9 Å². The summed E-state index contributed by atoms with van der Waals surface area (Å²) in [4.78, 5) is 5.17. The van der Waals surface area contributed by atoms with Gasteiger partial charge in [0.1, 0.15) is 5.69 Å². The number of para-hydroxylation sites is 1. The molecule has 1 aliphatic carbocycles. The number of fused-ring (bicyclic) bond motifs is 7. The highest BCUT2D eigenvalue weighted by Gasteiger charge is 2.27. The molecule has 1 aliphatic rings. The normalized spacial score (nSPS) is 11.9. The maximum absolute atomic E-state index is 5.17. The third kappa shape index (κ3) is 2.31. The summed E-state index contributed by atoms with van der Waals surface area (Å²) in [6.45, 7) is 2.12. The molecule has 0 saturated carbocycles. The summed E-state index contributed by atoms with van der Waals surface area (Å²) in [5.41, 5.74) is 11.1. The Morgan fingerprint density at radius 2 is 1.31 bits per heavy atom. The van der Waals surface area contributed by atoms with E-state index in [-0.39, 0.29) is 0 Å². The Labute approximate surface area is 185 Å². The molecular weight excluding hydrogens is 390 g/mol. The van der Waals surface area contributed by atoms with Crippen LogP contribution < -0.4 is 0 Å². The van der Waals surface area contributed by atoms with Gasteiger partial charge in [-0.2, -0.15) is 5.10 Å². The molecule has 0 atom stereocenters. The maximum Gasteiger partial charge on any atom is 0.164 e. The van der Waals surface area contributed by atoms with Gasteiger partial charge < -0.3 is 0 Å². The molecular formula is C29H19N3. The number of hydrogen-bond donors (Lipinski definition) is 0. The summed E-state index contributed by atoms with van der Waals surface area (Å²) in [7, 11) is 0. The fourth-order valence-corrected chi connectivity index (χ4v) is 5.01. The molecule has 0 fully saturated rings. The van der Waals surface area contributed by atoms with E-state index in [1.54, 1.807) is 0 Å². The van der Waals surface area contributed by atoms with E-state index in [4.69, 9.17) is 10.1 Å². The van der Waals surface area contributed by atoms with Crippen LogP contribution in [-0.2, 0) is 0 Å². The zero-order valence-corrected chi connectivity index (χ0v) is 17.6. The molecule has 0 amide bonds. The highest BCUT2D eigenvalue weighted by molar-refractivity contribution is 6.18. The molecule has 150 valence electrons. The Hall–Kier alpha value is -4.24. The second-order valence-corrected chi connectivity index (χ2v) is 8.39. The lowest BCUT2D eigenvalue weighted by molar-refractivity contribution is 0.903. The van der Waals surface area contributed by atoms with Crippen molar-refractivity contribution in [3.8, 4) is 39.2 Å². The van der Waals surface area contributed by atoms with Gasteiger partial charge in [0, 0.05) is 16.5 Å². The molecule has 0 unspecified atom stereocenters. The molecule has 7 rings (SSSR count). The van der Waals surface area contributed by atoms with Gasteiger partial charge in [-0.1, -0.05) is 78.9 Å². The van der Waals surface area contributed by atoms with Crippen LogP contribution in [0.15, 0.2) is 97.1 Å². The lowest BCUT2D eigenvalue weighted by Gasteiger charge is -2.13. The van der Waals surface area contributed by atoms with Gasteiger partial charge in [-0.05, 0) is 47.4 Å². The SMILES string of the molecule is Cc1ccc2c3c4c(nn(-c5ccccc5)c4nc2c1)-c1ccccc1-c1ccccc1-3. The molecule has 0 N–H and O–H groups in total. The van der Waals surface area contributed by atoms with Gasteiger partial charge in [0.25, 0.3) is 0 Å². The predicted octanol–water partition coefficient (Wildman–Crippen LogP) is 7.20. The van der Waals surface area contributed by atoms with Gasteiger partial charge in [0.15, 0.2) is 5.65 Å². The van der Waals surface area contributed by atoms with E-state index in [0.717, 1.165) is 38.9 Å². The van der Waals surface area contributed by atoms with Crippen molar-refractivity contribution in [3.05, 3.63) is 103 Å². The lowest BCUT2D eigenvalue weighted by atomic mass is 9.92. The first-order valence-corrected chi connectivity index (χ1v) is 10.9. The monoisotopic (exact) mass is 409 g/mol. The van der Waals surface area contributed by atoms with Gasteiger partial charge in [0.05, 0.1) is 16.6 Å². The Kier molecular flexibility index (Phi) is 3.48. The Morgan fingerprint density at radius 3 is 2.09 bits per heavy atom. The smallest absolute Gasteiger partial charge is 0.164 e. The molecule has 0 aliphatic heterocycles. The van der Waals surface area contributed by atoms with Crippen LogP contribution in [-0.4, -0.2) is 14.8 Å². The quantitative estimate of drug-likeness (QED) is 0.287. The molecule has 2 heterocycles. The third-order valence-electron chi connectivity index (χ3n) is 6.43. The number of hydrogen-bond acceptors (Lipinski definition) is 2. The van der Waals surface area contributed by atoms with Crippen molar-refractivity contribution in [1.82, 2.24) is 14.8 Å². The first kappa shape index (κ1) is 17.4. The van der Waals surface area contributed by atoms with E-state index >= 15 is 0 Å². The minimum atomic E-state index is 0.894. The second-order valence-electron chi connectivity index (χ2n) is 8.39. The number of nitrogens with zero attached hydrogens (tertiary/aromatic N) is 3. The van der Waals surface area contributed by atoms with Crippen LogP contribution in [0.2, 0.25) is 0 Å². The summed E-state index contributed by atoms with van der Waals surface area (Å²) in [5.74, 6) is 0. The molecule has 4 aromatic carbocycles. The predicted molar refractivity (Wildman–Crippen MR) is 131 cm³/mol. The number of rotatable bonds is 1. The van der Waals surface area contributed by atoms with Gasteiger partial charge >= 0.3 is 0 Å². The number of aromatic nitrogens is 3. The zero-order valence-electron chi connectivity index (χ0n) is 17.6. The summed E-state index contributed by atoms with van der Waals surface area (Å²) >= 11 is 0. The van der Waals surface area contributed by atoms with Gasteiger partial charge in [-0.15, -0.1) is 0 Å². The number of pyridine rings is 1. The Balaban J connectivity index is 1.77. The minimum absolute atomic E-state index is 0.894. The Morgan fingerprint density at radius 1 is 0.656 bits per heavy atom. The van der Waals surface area contributed by atoms with Gasteiger partial charge in [-0.25, -0.2) is 9.67 Å². The van der Waals surface area contributed by atoms with Crippen molar-refractivity contribution in [2.45, 2.75) is 6.92 Å². The van der Waals surface area contributed by atoms with E-state index in [0.29, 0.717) is 0 Å². The average Bonchev–Trinajstić information content (AvgIpc) is 3.16. The van der Waals surface area contributed by atoms with E-state index in [1.165, 1.54) is 27.8 Å². The summed E-state index contributed by atoms with van der Waals surface area (Å²) < 4.78 is 2.00. The molecule has 3 heteroatoms. The molecule has 0 saturated heterocycles. The summed E-state index contributed by atoms with van der Waals surface area (Å²) in [5, 5.41) is 7.45. The van der Waals surface area contributed by atoms with Crippen LogP contribution in [0.4, 0.5) is 0 Å². The van der Waals surface area contributed by atoms with Crippen LogP contribution in [0.25, 0.3) is 61.1 Å². The zero-order chi connectivity index (χ0) is 21.2. The minimum Gasteiger partial charge on any atom is -0.228 e. The molecule has 2 aromatic heterocycles. The summed E-state index contributed by atoms with van der Waals surface area (Å²) in [6.07, 6.45) is 0. The van der Waals surface area contributed by atoms with Crippen molar-refractivity contribution >= 4 is 21.9 Å². The highest BCUT2D eigenvalue weighted by atomic mass is 15.3. The van der Waals surface area contributed by atoms with Crippen LogP contribution >= 0.6 is 0 Å². The topological polar surface area (TPSA) is 30.7 Å². The van der Waals surface area contributed by atoms with Gasteiger partial charge in [0.2, 0.25) is 0 Å². The molecule has 6 aromatic rings. The lowest BCUT2D eigenvalue weighted by Crippen LogP contribution is -1.99. The van der Waals surface area contributed by atoms with Crippen LogP contribution in [0.1, 0.15) is 5.56 Å². The van der Waals surface area contributed by atoms with Crippen LogP contribution in [0.5, 0.6) is 0 Å². The molecule has 0 spiro atoms. The van der Waals surface area contributed by atoms with Gasteiger partial charge in [-0.3, -0.25) is 0 Å². The average molecular weight is 409 g/mol. The van der Waals surface area contributed by atoms with E-state index in [9.17, 15) is 0 Å². The first-order valence-electron chi connectivity index (χ1n) is 10.9.